The monoisotopic (exact) mass is 354 g/mol. The van der Waals surface area contributed by atoms with E-state index in [1.807, 2.05) is 12.1 Å². The van der Waals surface area contributed by atoms with Crippen molar-refractivity contribution >= 4 is 5.97 Å². The lowest BCUT2D eigenvalue weighted by atomic mass is 9.50. The van der Waals surface area contributed by atoms with Crippen molar-refractivity contribution in [2.45, 2.75) is 56.7 Å². The third-order valence-electron chi connectivity index (χ3n) is 8.13. The zero-order chi connectivity index (χ0) is 18.3. The van der Waals surface area contributed by atoms with Crippen LogP contribution < -0.4 is 0 Å². The standard InChI is InChI=1S/C22H26O4/c1-3-12-10-21(2)17(9-18-22(21,25)11-19(24)26-18)16-6-4-13-8-14(23)5-7-15(13)20(12)16/h3,5,7-8,12,16-18,20,23,25H,1,4,6,9-11H2,2H3/t12-,16-,17-,18?,20+,21-,22+/m0/s1. The molecule has 3 aliphatic carbocycles. The van der Waals surface area contributed by atoms with Gasteiger partial charge in [0.05, 0.1) is 6.42 Å². The first kappa shape index (κ1) is 16.4. The molecule has 1 unspecified atom stereocenters. The fraction of sp³-hybridized carbons (Fsp3) is 0.591. The van der Waals surface area contributed by atoms with Gasteiger partial charge in [0.1, 0.15) is 17.5 Å². The minimum absolute atomic E-state index is 0.121. The molecule has 0 amide bonds. The van der Waals surface area contributed by atoms with Gasteiger partial charge in [0.25, 0.3) is 0 Å². The number of ether oxygens (including phenoxy) is 1. The van der Waals surface area contributed by atoms with Gasteiger partial charge in [-0.25, -0.2) is 0 Å². The van der Waals surface area contributed by atoms with Gasteiger partial charge in [-0.1, -0.05) is 19.1 Å². The number of aliphatic hydroxyl groups is 1. The van der Waals surface area contributed by atoms with Gasteiger partial charge >= 0.3 is 5.97 Å². The highest BCUT2D eigenvalue weighted by atomic mass is 16.6. The first-order valence-electron chi connectivity index (χ1n) is 9.73. The lowest BCUT2D eigenvalue weighted by Gasteiger charge is -2.55. The SMILES string of the molecule is C=C[C@H]1C[C@@]2(C)[C@@H](CC3OC(=O)C[C@@]32O)[C@@H]2CCc3cc(O)ccc3[C@H]21. The molecule has 7 atom stereocenters. The first-order chi connectivity index (χ1) is 12.4. The maximum Gasteiger partial charge on any atom is 0.309 e. The van der Waals surface area contributed by atoms with Crippen LogP contribution in [0.15, 0.2) is 30.9 Å². The van der Waals surface area contributed by atoms with Crippen molar-refractivity contribution in [1.82, 2.24) is 0 Å². The summed E-state index contributed by atoms with van der Waals surface area (Å²) in [6.07, 6.45) is 5.37. The Morgan fingerprint density at radius 3 is 2.96 bits per heavy atom. The van der Waals surface area contributed by atoms with Crippen LogP contribution in [0.3, 0.4) is 0 Å². The summed E-state index contributed by atoms with van der Waals surface area (Å²) in [7, 11) is 0. The van der Waals surface area contributed by atoms with Crippen molar-refractivity contribution in [3.8, 4) is 5.75 Å². The number of esters is 1. The van der Waals surface area contributed by atoms with Gasteiger partial charge in [0.15, 0.2) is 0 Å². The molecule has 3 fully saturated rings. The molecule has 5 rings (SSSR count). The van der Waals surface area contributed by atoms with Crippen LogP contribution in [0.25, 0.3) is 0 Å². The molecule has 4 nitrogen and oxygen atoms in total. The molecule has 138 valence electrons. The molecule has 1 saturated heterocycles. The highest BCUT2D eigenvalue weighted by Gasteiger charge is 2.71. The molecule has 2 saturated carbocycles. The fourth-order valence-electron chi connectivity index (χ4n) is 6.94. The Balaban J connectivity index is 1.60. The third-order valence-corrected chi connectivity index (χ3v) is 8.13. The van der Waals surface area contributed by atoms with E-state index in [-0.39, 0.29) is 29.8 Å². The summed E-state index contributed by atoms with van der Waals surface area (Å²) >= 11 is 0. The molecule has 4 aliphatic rings. The van der Waals surface area contributed by atoms with Crippen molar-refractivity contribution < 1.29 is 19.7 Å². The second kappa shape index (κ2) is 5.13. The Kier molecular flexibility index (Phi) is 3.23. The van der Waals surface area contributed by atoms with Gasteiger partial charge in [-0.05, 0) is 72.6 Å². The quantitative estimate of drug-likeness (QED) is 0.600. The summed E-state index contributed by atoms with van der Waals surface area (Å²) in [5.74, 6) is 1.47. The highest BCUT2D eigenvalue weighted by molar-refractivity contribution is 5.74. The van der Waals surface area contributed by atoms with Gasteiger partial charge in [-0.15, -0.1) is 6.58 Å². The van der Waals surface area contributed by atoms with Gasteiger partial charge in [0.2, 0.25) is 0 Å². The molecule has 0 bridgehead atoms. The number of rotatable bonds is 1. The number of hydrogen-bond donors (Lipinski definition) is 2. The van der Waals surface area contributed by atoms with Crippen LogP contribution in [-0.4, -0.2) is 27.9 Å². The summed E-state index contributed by atoms with van der Waals surface area (Å²) in [6, 6.07) is 5.76. The topological polar surface area (TPSA) is 66.8 Å². The largest absolute Gasteiger partial charge is 0.508 e. The van der Waals surface area contributed by atoms with E-state index < -0.39 is 5.60 Å². The number of carbonyl (C=O) groups excluding carboxylic acids is 1. The van der Waals surface area contributed by atoms with Crippen molar-refractivity contribution in [3.05, 3.63) is 42.0 Å². The maximum absolute atomic E-state index is 11.9. The number of allylic oxidation sites excluding steroid dienone is 1. The Bertz CT molecular complexity index is 801. The Labute approximate surface area is 153 Å². The number of phenolic OH excluding ortho intramolecular Hbond substituents is 1. The number of phenols is 1. The molecule has 0 radical (unpaired) electrons. The summed E-state index contributed by atoms with van der Waals surface area (Å²) in [5.41, 5.74) is 1.20. The van der Waals surface area contributed by atoms with E-state index in [1.54, 1.807) is 6.07 Å². The minimum Gasteiger partial charge on any atom is -0.508 e. The maximum atomic E-state index is 11.9. The van der Waals surface area contributed by atoms with Crippen molar-refractivity contribution in [2.24, 2.45) is 23.2 Å². The predicted molar refractivity (Wildman–Crippen MR) is 96.6 cm³/mol. The normalized spacial score (nSPS) is 45.9. The van der Waals surface area contributed by atoms with E-state index in [4.69, 9.17) is 4.74 Å². The summed E-state index contributed by atoms with van der Waals surface area (Å²) < 4.78 is 5.53. The molecule has 0 spiro atoms. The van der Waals surface area contributed by atoms with Crippen LogP contribution >= 0.6 is 0 Å². The molecule has 1 aliphatic heterocycles. The molecule has 1 aromatic carbocycles. The number of aromatic hydroxyl groups is 1. The van der Waals surface area contributed by atoms with Crippen LogP contribution in [0.5, 0.6) is 5.75 Å². The Morgan fingerprint density at radius 2 is 2.19 bits per heavy atom. The number of fused-ring (bicyclic) bond motifs is 7. The zero-order valence-electron chi connectivity index (χ0n) is 15.1. The van der Waals surface area contributed by atoms with Crippen molar-refractivity contribution in [2.75, 3.05) is 0 Å². The summed E-state index contributed by atoms with van der Waals surface area (Å²) in [5, 5.41) is 21.3. The molecule has 2 N–H and O–H groups in total. The summed E-state index contributed by atoms with van der Waals surface area (Å²) in [4.78, 5) is 11.9. The van der Waals surface area contributed by atoms with E-state index in [0.29, 0.717) is 23.5 Å². The molecule has 4 heteroatoms. The van der Waals surface area contributed by atoms with E-state index in [2.05, 4.69) is 19.6 Å². The Morgan fingerprint density at radius 1 is 1.38 bits per heavy atom. The van der Waals surface area contributed by atoms with Crippen LogP contribution in [0.2, 0.25) is 0 Å². The van der Waals surface area contributed by atoms with Crippen molar-refractivity contribution in [3.63, 3.8) is 0 Å². The van der Waals surface area contributed by atoms with E-state index >= 15 is 0 Å². The molecule has 0 aromatic heterocycles. The number of aryl methyl sites for hydroxylation is 1. The molecule has 26 heavy (non-hydrogen) atoms. The van der Waals surface area contributed by atoms with Gasteiger partial charge in [0, 0.05) is 5.41 Å². The summed E-state index contributed by atoms with van der Waals surface area (Å²) in [6.45, 7) is 6.27. The number of hydrogen-bond acceptors (Lipinski definition) is 4. The van der Waals surface area contributed by atoms with Crippen LogP contribution in [0.4, 0.5) is 0 Å². The van der Waals surface area contributed by atoms with Gasteiger partial charge < -0.3 is 14.9 Å². The van der Waals surface area contributed by atoms with Crippen molar-refractivity contribution in [1.29, 1.82) is 0 Å². The highest BCUT2D eigenvalue weighted by Crippen LogP contribution is 2.68. The number of carbonyl (C=O) groups is 1. The second-order valence-corrected chi connectivity index (χ2v) is 9.05. The van der Waals surface area contributed by atoms with E-state index in [1.165, 1.54) is 11.1 Å². The smallest absolute Gasteiger partial charge is 0.309 e. The van der Waals surface area contributed by atoms with Crippen LogP contribution in [-0.2, 0) is 16.0 Å². The average molecular weight is 354 g/mol. The second-order valence-electron chi connectivity index (χ2n) is 9.05. The predicted octanol–water partition coefficient (Wildman–Crippen LogP) is 3.32. The fourth-order valence-corrected chi connectivity index (χ4v) is 6.94. The Hall–Kier alpha value is -1.81. The van der Waals surface area contributed by atoms with Gasteiger partial charge in [-0.2, -0.15) is 0 Å². The molecular formula is C22H26O4. The van der Waals surface area contributed by atoms with Crippen LogP contribution in [0.1, 0.15) is 49.7 Å². The lowest BCUT2D eigenvalue weighted by Crippen LogP contribution is -2.54. The lowest BCUT2D eigenvalue weighted by molar-refractivity contribution is -0.142. The molecule has 1 heterocycles. The molecular weight excluding hydrogens is 328 g/mol. The molecule has 1 aromatic rings. The average Bonchev–Trinajstić information content (AvgIpc) is 3.01. The van der Waals surface area contributed by atoms with E-state index in [0.717, 1.165) is 25.7 Å². The first-order valence-corrected chi connectivity index (χ1v) is 9.73. The van der Waals surface area contributed by atoms with Gasteiger partial charge in [-0.3, -0.25) is 4.79 Å². The minimum atomic E-state index is -1.05. The zero-order valence-corrected chi connectivity index (χ0v) is 15.1. The van der Waals surface area contributed by atoms with E-state index in [9.17, 15) is 15.0 Å². The van der Waals surface area contributed by atoms with Crippen LogP contribution in [0, 0.1) is 23.2 Å². The number of benzene rings is 1. The third kappa shape index (κ3) is 1.86.